The summed E-state index contributed by atoms with van der Waals surface area (Å²) in [6.07, 6.45) is -0.338. The van der Waals surface area contributed by atoms with Crippen LogP contribution in [0.1, 0.15) is 10.4 Å². The van der Waals surface area contributed by atoms with Gasteiger partial charge in [0.15, 0.2) is 11.5 Å². The van der Waals surface area contributed by atoms with E-state index in [1.54, 1.807) is 23.1 Å². The minimum Gasteiger partial charge on any atom is -0.493 e. The van der Waals surface area contributed by atoms with Crippen LogP contribution in [0.15, 0.2) is 18.2 Å². The Morgan fingerprint density at radius 2 is 2.10 bits per heavy atom. The Bertz CT molecular complexity index is 532. The molecule has 0 aromatic heterocycles. The van der Waals surface area contributed by atoms with Crippen LogP contribution in [-0.2, 0) is 4.74 Å². The monoisotopic (exact) mass is 294 g/mol. The fourth-order valence-corrected chi connectivity index (χ4v) is 2.01. The molecule has 7 nitrogen and oxygen atoms in total. The molecule has 0 spiro atoms. The Morgan fingerprint density at radius 3 is 2.71 bits per heavy atom. The molecule has 1 heterocycles. The van der Waals surface area contributed by atoms with E-state index in [9.17, 15) is 9.59 Å². The Morgan fingerprint density at radius 1 is 1.33 bits per heavy atom. The third-order valence-corrected chi connectivity index (χ3v) is 3.16. The summed E-state index contributed by atoms with van der Waals surface area (Å²) in [7, 11) is 3.05. The third-order valence-electron chi connectivity index (χ3n) is 3.16. The lowest BCUT2D eigenvalue weighted by Gasteiger charge is -2.13. The maximum Gasteiger partial charge on any atom is 0.409 e. The number of methoxy groups -OCH3 is 2. The van der Waals surface area contributed by atoms with Crippen molar-refractivity contribution in [2.45, 2.75) is 0 Å². The Balaban J connectivity index is 1.89. The summed E-state index contributed by atoms with van der Waals surface area (Å²) < 4.78 is 15.1. The number of ether oxygens (including phenoxy) is 3. The minimum absolute atomic E-state index is 0.233. The first kappa shape index (κ1) is 15.0. The van der Waals surface area contributed by atoms with Gasteiger partial charge in [0.25, 0.3) is 5.91 Å². The molecule has 1 aromatic carbocycles. The normalized spacial score (nSPS) is 13.8. The van der Waals surface area contributed by atoms with E-state index in [-0.39, 0.29) is 12.0 Å². The van der Waals surface area contributed by atoms with Crippen molar-refractivity contribution in [2.24, 2.45) is 0 Å². The van der Waals surface area contributed by atoms with Crippen LogP contribution in [0.2, 0.25) is 0 Å². The van der Waals surface area contributed by atoms with Gasteiger partial charge in [0.05, 0.1) is 20.8 Å². The molecule has 0 unspecified atom stereocenters. The fourth-order valence-electron chi connectivity index (χ4n) is 2.01. The summed E-state index contributed by atoms with van der Waals surface area (Å²) in [6.45, 7) is 1.76. The second-order valence-corrected chi connectivity index (χ2v) is 4.43. The zero-order valence-corrected chi connectivity index (χ0v) is 12.0. The number of carbonyl (C=O) groups excluding carboxylic acids is 2. The first-order valence-electron chi connectivity index (χ1n) is 6.57. The standard InChI is InChI=1S/C14H18N2O5/c1-19-11-4-3-10(9-12(11)20-2)13(17)15-5-6-16-7-8-21-14(16)18/h3-4,9H,5-8H2,1-2H3,(H,15,17). The van der Waals surface area contributed by atoms with Gasteiger partial charge >= 0.3 is 6.09 Å². The van der Waals surface area contributed by atoms with E-state index < -0.39 is 0 Å². The minimum atomic E-state index is -0.338. The van der Waals surface area contributed by atoms with Crippen molar-refractivity contribution >= 4 is 12.0 Å². The summed E-state index contributed by atoms with van der Waals surface area (Å²) in [6, 6.07) is 4.94. The highest BCUT2D eigenvalue weighted by molar-refractivity contribution is 5.94. The number of amides is 2. The van der Waals surface area contributed by atoms with E-state index in [0.717, 1.165) is 0 Å². The topological polar surface area (TPSA) is 77.1 Å². The van der Waals surface area contributed by atoms with E-state index >= 15 is 0 Å². The zero-order chi connectivity index (χ0) is 15.2. The van der Waals surface area contributed by atoms with Crippen molar-refractivity contribution in [3.63, 3.8) is 0 Å². The highest BCUT2D eigenvalue weighted by atomic mass is 16.6. The number of nitrogens with zero attached hydrogens (tertiary/aromatic N) is 1. The van der Waals surface area contributed by atoms with Crippen molar-refractivity contribution in [2.75, 3.05) is 40.5 Å². The summed E-state index contributed by atoms with van der Waals surface area (Å²) in [5, 5.41) is 2.75. The second-order valence-electron chi connectivity index (χ2n) is 4.43. The SMILES string of the molecule is COc1ccc(C(=O)NCCN2CCOC2=O)cc1OC. The van der Waals surface area contributed by atoms with Crippen LogP contribution >= 0.6 is 0 Å². The first-order chi connectivity index (χ1) is 10.2. The highest BCUT2D eigenvalue weighted by Crippen LogP contribution is 2.27. The van der Waals surface area contributed by atoms with Crippen molar-refractivity contribution in [1.29, 1.82) is 0 Å². The van der Waals surface area contributed by atoms with Crippen LogP contribution in [0.3, 0.4) is 0 Å². The molecule has 0 aliphatic carbocycles. The molecule has 1 aliphatic heterocycles. The second kappa shape index (κ2) is 6.83. The average Bonchev–Trinajstić information content (AvgIpc) is 2.91. The molecule has 0 radical (unpaired) electrons. The summed E-state index contributed by atoms with van der Waals surface area (Å²) >= 11 is 0. The molecular formula is C14H18N2O5. The largest absolute Gasteiger partial charge is 0.493 e. The number of hydrogen-bond donors (Lipinski definition) is 1. The Kier molecular flexibility index (Phi) is 4.86. The molecule has 0 bridgehead atoms. The predicted octanol–water partition coefficient (Wildman–Crippen LogP) is 0.886. The molecule has 1 aromatic rings. The van der Waals surface area contributed by atoms with E-state index in [0.29, 0.717) is 43.3 Å². The number of rotatable bonds is 6. The van der Waals surface area contributed by atoms with Gasteiger partial charge in [-0.1, -0.05) is 0 Å². The molecule has 114 valence electrons. The molecule has 2 rings (SSSR count). The average molecular weight is 294 g/mol. The quantitative estimate of drug-likeness (QED) is 0.843. The lowest BCUT2D eigenvalue weighted by molar-refractivity contribution is 0.0948. The lowest BCUT2D eigenvalue weighted by atomic mass is 10.2. The van der Waals surface area contributed by atoms with Gasteiger partial charge in [-0.25, -0.2) is 4.79 Å². The lowest BCUT2D eigenvalue weighted by Crippen LogP contribution is -2.35. The van der Waals surface area contributed by atoms with Crippen LogP contribution in [-0.4, -0.2) is 57.4 Å². The van der Waals surface area contributed by atoms with Gasteiger partial charge in [-0.15, -0.1) is 0 Å². The van der Waals surface area contributed by atoms with E-state index in [2.05, 4.69) is 5.32 Å². The van der Waals surface area contributed by atoms with Crippen LogP contribution in [0.5, 0.6) is 11.5 Å². The fraction of sp³-hybridized carbons (Fsp3) is 0.429. The van der Waals surface area contributed by atoms with Crippen LogP contribution in [0, 0.1) is 0 Å². The molecular weight excluding hydrogens is 276 g/mol. The van der Waals surface area contributed by atoms with Gasteiger partial charge in [0.1, 0.15) is 6.61 Å². The number of hydrogen-bond acceptors (Lipinski definition) is 5. The van der Waals surface area contributed by atoms with E-state index in [4.69, 9.17) is 14.2 Å². The molecule has 1 fully saturated rings. The van der Waals surface area contributed by atoms with Crippen molar-refractivity contribution in [1.82, 2.24) is 10.2 Å². The smallest absolute Gasteiger partial charge is 0.409 e. The summed E-state index contributed by atoms with van der Waals surface area (Å²) in [4.78, 5) is 24.8. The maximum atomic E-state index is 12.0. The molecule has 7 heteroatoms. The van der Waals surface area contributed by atoms with Gasteiger partial charge in [0, 0.05) is 18.7 Å². The van der Waals surface area contributed by atoms with Crippen molar-refractivity contribution in [3.8, 4) is 11.5 Å². The maximum absolute atomic E-state index is 12.0. The molecule has 1 N–H and O–H groups in total. The van der Waals surface area contributed by atoms with E-state index in [1.165, 1.54) is 14.2 Å². The van der Waals surface area contributed by atoms with Gasteiger partial charge in [-0.2, -0.15) is 0 Å². The van der Waals surface area contributed by atoms with Gasteiger partial charge < -0.3 is 24.4 Å². The number of cyclic esters (lactones) is 1. The predicted molar refractivity (Wildman–Crippen MR) is 74.8 cm³/mol. The van der Waals surface area contributed by atoms with Gasteiger partial charge in [-0.3, -0.25) is 4.79 Å². The number of benzene rings is 1. The highest BCUT2D eigenvalue weighted by Gasteiger charge is 2.21. The molecule has 1 aliphatic rings. The molecule has 0 atom stereocenters. The Labute approximate surface area is 122 Å². The molecule has 0 saturated carbocycles. The first-order valence-corrected chi connectivity index (χ1v) is 6.57. The van der Waals surface area contributed by atoms with Gasteiger partial charge in [0.2, 0.25) is 0 Å². The molecule has 1 saturated heterocycles. The van der Waals surface area contributed by atoms with Crippen molar-refractivity contribution < 1.29 is 23.8 Å². The molecule has 21 heavy (non-hydrogen) atoms. The van der Waals surface area contributed by atoms with Crippen LogP contribution in [0.25, 0.3) is 0 Å². The number of carbonyl (C=O) groups is 2. The summed E-state index contributed by atoms with van der Waals surface area (Å²) in [5.74, 6) is 0.825. The third kappa shape index (κ3) is 3.56. The summed E-state index contributed by atoms with van der Waals surface area (Å²) in [5.41, 5.74) is 0.469. The van der Waals surface area contributed by atoms with Crippen molar-refractivity contribution in [3.05, 3.63) is 23.8 Å². The van der Waals surface area contributed by atoms with E-state index in [1.807, 2.05) is 0 Å². The number of nitrogens with one attached hydrogen (secondary N) is 1. The Hall–Kier alpha value is -2.44. The van der Waals surface area contributed by atoms with Crippen LogP contribution in [0.4, 0.5) is 4.79 Å². The zero-order valence-electron chi connectivity index (χ0n) is 12.0. The van der Waals surface area contributed by atoms with Crippen LogP contribution < -0.4 is 14.8 Å². The molecule has 2 amide bonds. The van der Waals surface area contributed by atoms with Gasteiger partial charge in [-0.05, 0) is 18.2 Å².